The van der Waals surface area contributed by atoms with Gasteiger partial charge in [-0.15, -0.1) is 0 Å². The van der Waals surface area contributed by atoms with E-state index in [1.165, 1.54) is 13.0 Å². The number of hydrogen-bond acceptors (Lipinski definition) is 5. The molecule has 178 valence electrons. The van der Waals surface area contributed by atoms with Crippen molar-refractivity contribution >= 4 is 5.97 Å². The molecule has 0 aliphatic carbocycles. The van der Waals surface area contributed by atoms with Crippen molar-refractivity contribution in [2.24, 2.45) is 0 Å². The number of hydrogen-bond donors (Lipinski definition) is 1. The zero-order chi connectivity index (χ0) is 24.3. The van der Waals surface area contributed by atoms with Crippen molar-refractivity contribution in [3.8, 4) is 17.1 Å². The van der Waals surface area contributed by atoms with Crippen molar-refractivity contribution in [1.82, 2.24) is 14.9 Å². The number of carboxylic acid groups (broad SMARTS) is 1. The number of halogens is 3. The summed E-state index contributed by atoms with van der Waals surface area (Å²) < 4.78 is 45.0. The van der Waals surface area contributed by atoms with Crippen LogP contribution in [-0.4, -0.2) is 39.0 Å². The first-order chi connectivity index (χ1) is 16.2. The summed E-state index contributed by atoms with van der Waals surface area (Å²) in [5, 5.41) is 8.86. The summed E-state index contributed by atoms with van der Waals surface area (Å²) in [6.45, 7) is 3.35. The van der Waals surface area contributed by atoms with Crippen LogP contribution in [0.2, 0.25) is 0 Å². The van der Waals surface area contributed by atoms with Crippen LogP contribution < -0.4 is 4.74 Å². The molecule has 1 aliphatic heterocycles. The van der Waals surface area contributed by atoms with E-state index < -0.39 is 17.7 Å². The molecule has 0 fully saturated rings. The van der Waals surface area contributed by atoms with E-state index in [-0.39, 0.29) is 18.6 Å². The van der Waals surface area contributed by atoms with E-state index in [0.717, 1.165) is 35.9 Å². The Balaban J connectivity index is 1.41. The highest BCUT2D eigenvalue weighted by Gasteiger charge is 2.32. The van der Waals surface area contributed by atoms with Crippen molar-refractivity contribution in [1.29, 1.82) is 0 Å². The molecule has 0 unspecified atom stereocenters. The molecule has 1 aliphatic rings. The van der Waals surface area contributed by atoms with Crippen molar-refractivity contribution < 1.29 is 27.8 Å². The lowest BCUT2D eigenvalue weighted by Gasteiger charge is -2.27. The van der Waals surface area contributed by atoms with E-state index in [0.29, 0.717) is 30.2 Å². The van der Waals surface area contributed by atoms with Gasteiger partial charge >= 0.3 is 12.1 Å². The van der Waals surface area contributed by atoms with Crippen LogP contribution in [0.3, 0.4) is 0 Å². The number of aromatic nitrogens is 2. The van der Waals surface area contributed by atoms with Gasteiger partial charge in [-0.05, 0) is 48.4 Å². The summed E-state index contributed by atoms with van der Waals surface area (Å²) in [4.78, 5) is 22.0. The Bertz CT molecular complexity index is 1180. The molecule has 6 nitrogen and oxygen atoms in total. The van der Waals surface area contributed by atoms with Gasteiger partial charge in [0.05, 0.1) is 17.7 Å². The highest BCUT2D eigenvalue weighted by molar-refractivity contribution is 5.66. The lowest BCUT2D eigenvalue weighted by molar-refractivity contribution is -0.138. The van der Waals surface area contributed by atoms with Gasteiger partial charge in [0.2, 0.25) is 0 Å². The van der Waals surface area contributed by atoms with E-state index in [1.54, 1.807) is 24.4 Å². The first-order valence-electron chi connectivity index (χ1n) is 10.9. The number of benzene rings is 2. The standard InChI is InChI=1S/C25H24F3N3O3/c1-16-18(3-2-4-21(16)25(26,27)28)15-34-20-7-5-17(6-8-20)24-29-13-19-14-31(12-10-23(32)33)11-9-22(19)30-24/h2-8,13H,9-12,14-15H2,1H3,(H,32,33). The van der Waals surface area contributed by atoms with Gasteiger partial charge in [-0.1, -0.05) is 12.1 Å². The predicted octanol–water partition coefficient (Wildman–Crippen LogP) is 4.88. The van der Waals surface area contributed by atoms with Gasteiger partial charge in [0, 0.05) is 43.4 Å². The predicted molar refractivity (Wildman–Crippen MR) is 119 cm³/mol. The second-order valence-electron chi connectivity index (χ2n) is 8.24. The third-order valence-electron chi connectivity index (χ3n) is 5.91. The molecule has 0 atom stereocenters. The molecular formula is C25H24F3N3O3. The second kappa shape index (κ2) is 9.80. The number of alkyl halides is 3. The van der Waals surface area contributed by atoms with Crippen LogP contribution in [0.25, 0.3) is 11.4 Å². The molecule has 34 heavy (non-hydrogen) atoms. The van der Waals surface area contributed by atoms with Gasteiger partial charge in [-0.3, -0.25) is 9.69 Å². The lowest BCUT2D eigenvalue weighted by Crippen LogP contribution is -2.33. The number of ether oxygens (including phenoxy) is 1. The molecule has 2 heterocycles. The van der Waals surface area contributed by atoms with Crippen LogP contribution >= 0.6 is 0 Å². The second-order valence-corrected chi connectivity index (χ2v) is 8.24. The smallest absolute Gasteiger partial charge is 0.416 e. The van der Waals surface area contributed by atoms with Crippen LogP contribution in [0, 0.1) is 6.92 Å². The summed E-state index contributed by atoms with van der Waals surface area (Å²) in [6, 6.07) is 11.2. The summed E-state index contributed by atoms with van der Waals surface area (Å²) in [5.74, 6) is 0.306. The maximum Gasteiger partial charge on any atom is 0.416 e. The quantitative estimate of drug-likeness (QED) is 0.529. The summed E-state index contributed by atoms with van der Waals surface area (Å²) >= 11 is 0. The number of rotatable bonds is 7. The van der Waals surface area contributed by atoms with Crippen LogP contribution in [0.5, 0.6) is 5.75 Å². The Morgan fingerprint density at radius 3 is 2.65 bits per heavy atom. The minimum atomic E-state index is -4.40. The Labute approximate surface area is 195 Å². The minimum absolute atomic E-state index is 0.0306. The molecule has 0 saturated heterocycles. The number of fused-ring (bicyclic) bond motifs is 1. The van der Waals surface area contributed by atoms with E-state index in [4.69, 9.17) is 9.84 Å². The Kier molecular flexibility index (Phi) is 6.83. The molecule has 1 aromatic heterocycles. The Morgan fingerprint density at radius 1 is 1.18 bits per heavy atom. The van der Waals surface area contributed by atoms with Gasteiger partial charge in [-0.25, -0.2) is 9.97 Å². The molecule has 0 radical (unpaired) electrons. The fourth-order valence-electron chi connectivity index (χ4n) is 3.97. The molecule has 9 heteroatoms. The average Bonchev–Trinajstić information content (AvgIpc) is 2.81. The molecule has 1 N–H and O–H groups in total. The SMILES string of the molecule is Cc1c(COc2ccc(-c3ncc4c(n3)CCN(CCC(=O)O)C4)cc2)cccc1C(F)(F)F. The largest absolute Gasteiger partial charge is 0.489 e. The zero-order valence-corrected chi connectivity index (χ0v) is 18.6. The van der Waals surface area contributed by atoms with E-state index in [1.807, 2.05) is 12.1 Å². The van der Waals surface area contributed by atoms with E-state index >= 15 is 0 Å². The maximum atomic E-state index is 13.1. The van der Waals surface area contributed by atoms with E-state index in [2.05, 4.69) is 14.9 Å². The zero-order valence-electron chi connectivity index (χ0n) is 18.6. The van der Waals surface area contributed by atoms with Crippen LogP contribution in [0.15, 0.2) is 48.7 Å². The Hall–Kier alpha value is -3.46. The molecule has 4 rings (SSSR count). The summed E-state index contributed by atoms with van der Waals surface area (Å²) in [7, 11) is 0. The van der Waals surface area contributed by atoms with E-state index in [9.17, 15) is 18.0 Å². The van der Waals surface area contributed by atoms with Crippen LogP contribution in [0.4, 0.5) is 13.2 Å². The molecule has 0 bridgehead atoms. The van der Waals surface area contributed by atoms with Gasteiger partial charge in [-0.2, -0.15) is 13.2 Å². The number of carboxylic acids is 1. The highest BCUT2D eigenvalue weighted by Crippen LogP contribution is 2.33. The highest BCUT2D eigenvalue weighted by atomic mass is 19.4. The molecule has 3 aromatic rings. The molecule has 0 spiro atoms. The maximum absolute atomic E-state index is 13.1. The molecular weight excluding hydrogens is 447 g/mol. The fraction of sp³-hybridized carbons (Fsp3) is 0.320. The van der Waals surface area contributed by atoms with Gasteiger partial charge < -0.3 is 9.84 Å². The Morgan fingerprint density at radius 2 is 1.94 bits per heavy atom. The third kappa shape index (κ3) is 5.53. The van der Waals surface area contributed by atoms with Crippen molar-refractivity contribution in [2.75, 3.05) is 13.1 Å². The summed E-state index contributed by atoms with van der Waals surface area (Å²) in [5.41, 5.74) is 2.75. The van der Waals surface area contributed by atoms with Crippen LogP contribution in [0.1, 0.15) is 34.4 Å². The fourth-order valence-corrected chi connectivity index (χ4v) is 3.97. The monoisotopic (exact) mass is 471 g/mol. The topological polar surface area (TPSA) is 75.6 Å². The number of carbonyl (C=O) groups is 1. The van der Waals surface area contributed by atoms with Gasteiger partial charge in [0.15, 0.2) is 5.82 Å². The lowest BCUT2D eigenvalue weighted by atomic mass is 10.0. The number of aliphatic carboxylic acids is 1. The van der Waals surface area contributed by atoms with Gasteiger partial charge in [0.1, 0.15) is 12.4 Å². The minimum Gasteiger partial charge on any atom is -0.489 e. The van der Waals surface area contributed by atoms with Crippen molar-refractivity contribution in [3.63, 3.8) is 0 Å². The van der Waals surface area contributed by atoms with Gasteiger partial charge in [0.25, 0.3) is 0 Å². The number of nitrogens with zero attached hydrogens (tertiary/aromatic N) is 3. The average molecular weight is 471 g/mol. The third-order valence-corrected chi connectivity index (χ3v) is 5.91. The van der Waals surface area contributed by atoms with Crippen LogP contribution in [-0.2, 0) is 30.5 Å². The summed E-state index contributed by atoms with van der Waals surface area (Å²) in [6.07, 6.45) is -1.78. The molecule has 0 amide bonds. The first kappa shape index (κ1) is 23.7. The molecule has 2 aromatic carbocycles. The normalized spacial score (nSPS) is 14.0. The van der Waals surface area contributed by atoms with Crippen molar-refractivity contribution in [3.05, 3.63) is 76.6 Å². The first-order valence-corrected chi connectivity index (χ1v) is 10.9. The van der Waals surface area contributed by atoms with Crippen molar-refractivity contribution in [2.45, 2.75) is 39.1 Å². The molecule has 0 saturated carbocycles.